The number of rotatable bonds is 2. The zero-order valence-electron chi connectivity index (χ0n) is 10.7. The van der Waals surface area contributed by atoms with E-state index in [1.807, 2.05) is 6.07 Å². The number of anilines is 2. The molecule has 1 aliphatic heterocycles. The summed E-state index contributed by atoms with van der Waals surface area (Å²) in [5, 5.41) is 4.67. The molecular weight excluding hydrogens is 264 g/mol. The number of aromatic nitrogens is 4. The van der Waals surface area contributed by atoms with Crippen molar-refractivity contribution in [2.24, 2.45) is 7.05 Å². The van der Waals surface area contributed by atoms with Crippen LogP contribution in [0.15, 0.2) is 12.3 Å². The van der Waals surface area contributed by atoms with Crippen LogP contribution < -0.4 is 10.6 Å². The first kappa shape index (κ1) is 12.2. The molecule has 2 N–H and O–H groups in total. The second-order valence-electron chi connectivity index (χ2n) is 4.64. The summed E-state index contributed by atoms with van der Waals surface area (Å²) in [6.45, 7) is 2.02. The fourth-order valence-electron chi connectivity index (χ4n) is 2.29. The van der Waals surface area contributed by atoms with Crippen LogP contribution in [-0.4, -0.2) is 32.8 Å². The van der Waals surface area contributed by atoms with Gasteiger partial charge >= 0.3 is 0 Å². The molecule has 0 spiro atoms. The highest BCUT2D eigenvalue weighted by Gasteiger charge is 2.17. The molecule has 100 valence electrons. The maximum absolute atomic E-state index is 6.19. The molecule has 3 rings (SSSR count). The van der Waals surface area contributed by atoms with Crippen molar-refractivity contribution in [2.75, 3.05) is 23.7 Å². The van der Waals surface area contributed by atoms with Gasteiger partial charge in [0, 0.05) is 26.2 Å². The van der Waals surface area contributed by atoms with Crippen molar-refractivity contribution in [2.45, 2.75) is 12.8 Å². The van der Waals surface area contributed by atoms with Gasteiger partial charge in [0.15, 0.2) is 0 Å². The van der Waals surface area contributed by atoms with Crippen LogP contribution in [0.3, 0.4) is 0 Å². The molecule has 0 unspecified atom stereocenters. The van der Waals surface area contributed by atoms with E-state index in [1.165, 1.54) is 12.8 Å². The molecule has 2 aromatic rings. The van der Waals surface area contributed by atoms with Crippen LogP contribution in [0.1, 0.15) is 12.8 Å². The van der Waals surface area contributed by atoms with Crippen LogP contribution in [0, 0.1) is 0 Å². The third-order valence-electron chi connectivity index (χ3n) is 3.30. The lowest BCUT2D eigenvalue weighted by atomic mass is 10.2. The van der Waals surface area contributed by atoms with Crippen molar-refractivity contribution in [1.82, 2.24) is 19.7 Å². The molecule has 7 heteroatoms. The summed E-state index contributed by atoms with van der Waals surface area (Å²) < 4.78 is 1.60. The van der Waals surface area contributed by atoms with Gasteiger partial charge in [-0.25, -0.2) is 4.98 Å². The van der Waals surface area contributed by atoms with E-state index in [4.69, 9.17) is 17.3 Å². The Balaban J connectivity index is 2.04. The molecule has 0 bridgehead atoms. The predicted molar refractivity (Wildman–Crippen MR) is 75.1 cm³/mol. The maximum atomic E-state index is 6.19. The molecule has 6 nitrogen and oxygen atoms in total. The largest absolute Gasteiger partial charge is 0.368 e. The molecule has 1 saturated heterocycles. The van der Waals surface area contributed by atoms with Crippen molar-refractivity contribution in [3.8, 4) is 11.3 Å². The number of hydrogen-bond acceptors (Lipinski definition) is 5. The average Bonchev–Trinajstić information content (AvgIpc) is 3.01. The molecule has 0 saturated carbocycles. The molecule has 0 atom stereocenters. The van der Waals surface area contributed by atoms with Gasteiger partial charge < -0.3 is 10.6 Å². The van der Waals surface area contributed by atoms with E-state index in [1.54, 1.807) is 17.9 Å². The molecule has 0 amide bonds. The molecular formula is C12H15ClN6. The van der Waals surface area contributed by atoms with E-state index in [-0.39, 0.29) is 5.95 Å². The van der Waals surface area contributed by atoms with Gasteiger partial charge in [-0.1, -0.05) is 11.6 Å². The summed E-state index contributed by atoms with van der Waals surface area (Å²) in [4.78, 5) is 10.8. The smallest absolute Gasteiger partial charge is 0.222 e. The molecule has 0 aromatic carbocycles. The van der Waals surface area contributed by atoms with Crippen molar-refractivity contribution < 1.29 is 0 Å². The van der Waals surface area contributed by atoms with Crippen LogP contribution in [0.2, 0.25) is 5.15 Å². The first-order valence-electron chi connectivity index (χ1n) is 6.22. The standard InChI is InChI=1S/C12H15ClN6/c1-18-11(13)8(7-15-18)9-6-10(17-12(14)16-9)19-4-2-3-5-19/h6-7H,2-5H2,1H3,(H2,14,16,17). The molecule has 19 heavy (non-hydrogen) atoms. The number of nitrogen functional groups attached to an aromatic ring is 1. The Morgan fingerprint density at radius 1 is 1.26 bits per heavy atom. The van der Waals surface area contributed by atoms with Crippen LogP contribution in [-0.2, 0) is 7.05 Å². The van der Waals surface area contributed by atoms with Gasteiger partial charge in [0.2, 0.25) is 5.95 Å². The topological polar surface area (TPSA) is 72.9 Å². The number of nitrogens with two attached hydrogens (primary N) is 1. The average molecular weight is 279 g/mol. The minimum Gasteiger partial charge on any atom is -0.368 e. The summed E-state index contributed by atoms with van der Waals surface area (Å²) in [7, 11) is 1.79. The van der Waals surface area contributed by atoms with Crippen LogP contribution in [0.4, 0.5) is 11.8 Å². The van der Waals surface area contributed by atoms with Gasteiger partial charge in [0.1, 0.15) is 11.0 Å². The van der Waals surface area contributed by atoms with Crippen LogP contribution >= 0.6 is 11.6 Å². The summed E-state index contributed by atoms with van der Waals surface area (Å²) >= 11 is 6.19. The summed E-state index contributed by atoms with van der Waals surface area (Å²) in [6.07, 6.45) is 4.07. The van der Waals surface area contributed by atoms with Gasteiger partial charge in [-0.15, -0.1) is 0 Å². The fraction of sp³-hybridized carbons (Fsp3) is 0.417. The zero-order valence-corrected chi connectivity index (χ0v) is 11.4. The Kier molecular flexibility index (Phi) is 3.02. The van der Waals surface area contributed by atoms with Crippen molar-refractivity contribution in [3.63, 3.8) is 0 Å². The van der Waals surface area contributed by atoms with Crippen molar-refractivity contribution in [3.05, 3.63) is 17.4 Å². The van der Waals surface area contributed by atoms with Crippen LogP contribution in [0.25, 0.3) is 11.3 Å². The summed E-state index contributed by atoms with van der Waals surface area (Å²) in [5.41, 5.74) is 7.29. The Bertz CT molecular complexity index is 602. The second kappa shape index (κ2) is 4.70. The van der Waals surface area contributed by atoms with Gasteiger partial charge in [-0.3, -0.25) is 4.68 Å². The van der Waals surface area contributed by atoms with Crippen molar-refractivity contribution >= 4 is 23.4 Å². The molecule has 1 aliphatic rings. The Morgan fingerprint density at radius 2 is 2.00 bits per heavy atom. The van der Waals surface area contributed by atoms with Gasteiger partial charge in [0.25, 0.3) is 0 Å². The molecule has 2 aromatic heterocycles. The van der Waals surface area contributed by atoms with Gasteiger partial charge in [0.05, 0.1) is 17.5 Å². The Labute approximate surface area is 116 Å². The number of nitrogens with zero attached hydrogens (tertiary/aromatic N) is 5. The third kappa shape index (κ3) is 2.23. The Hall–Kier alpha value is -1.82. The summed E-state index contributed by atoms with van der Waals surface area (Å²) in [5.74, 6) is 1.12. The van der Waals surface area contributed by atoms with Crippen molar-refractivity contribution in [1.29, 1.82) is 0 Å². The SMILES string of the molecule is Cn1ncc(-c2cc(N3CCCC3)nc(N)n2)c1Cl. The monoisotopic (exact) mass is 278 g/mol. The Morgan fingerprint density at radius 3 is 2.63 bits per heavy atom. The minimum absolute atomic E-state index is 0.263. The lowest BCUT2D eigenvalue weighted by molar-refractivity contribution is 0.769. The maximum Gasteiger partial charge on any atom is 0.222 e. The second-order valence-corrected chi connectivity index (χ2v) is 4.99. The first-order valence-corrected chi connectivity index (χ1v) is 6.60. The van der Waals surface area contributed by atoms with E-state index in [2.05, 4.69) is 20.0 Å². The van der Waals surface area contributed by atoms with Gasteiger partial charge in [-0.05, 0) is 12.8 Å². The first-order chi connectivity index (χ1) is 9.15. The highest BCUT2D eigenvalue weighted by Crippen LogP contribution is 2.29. The lowest BCUT2D eigenvalue weighted by Gasteiger charge is -2.17. The fourth-order valence-corrected chi connectivity index (χ4v) is 2.48. The van der Waals surface area contributed by atoms with E-state index in [0.29, 0.717) is 10.8 Å². The quantitative estimate of drug-likeness (QED) is 0.905. The molecule has 0 aliphatic carbocycles. The number of halogens is 1. The zero-order chi connectivity index (χ0) is 13.4. The van der Waals surface area contributed by atoms with Crippen LogP contribution in [0.5, 0.6) is 0 Å². The predicted octanol–water partition coefficient (Wildman–Crippen LogP) is 1.71. The highest BCUT2D eigenvalue weighted by atomic mass is 35.5. The van der Waals surface area contributed by atoms with E-state index >= 15 is 0 Å². The highest BCUT2D eigenvalue weighted by molar-refractivity contribution is 6.32. The van der Waals surface area contributed by atoms with E-state index in [9.17, 15) is 0 Å². The molecule has 1 fully saturated rings. The number of aryl methyl sites for hydroxylation is 1. The van der Waals surface area contributed by atoms with Gasteiger partial charge in [-0.2, -0.15) is 10.1 Å². The normalized spacial score (nSPS) is 15.2. The lowest BCUT2D eigenvalue weighted by Crippen LogP contribution is -2.19. The minimum atomic E-state index is 0.263. The molecule has 0 radical (unpaired) electrons. The van der Waals surface area contributed by atoms with E-state index in [0.717, 1.165) is 24.5 Å². The third-order valence-corrected chi connectivity index (χ3v) is 3.75. The van der Waals surface area contributed by atoms with E-state index < -0.39 is 0 Å². The molecule has 3 heterocycles. The summed E-state index contributed by atoms with van der Waals surface area (Å²) in [6, 6.07) is 1.92. The number of hydrogen-bond donors (Lipinski definition) is 1.